The van der Waals surface area contributed by atoms with Crippen molar-refractivity contribution in [2.24, 2.45) is 0 Å². The molecule has 2 aromatic carbocycles. The molecule has 2 heterocycles. The first kappa shape index (κ1) is 20.0. The summed E-state index contributed by atoms with van der Waals surface area (Å²) in [5, 5.41) is 0. The van der Waals surface area contributed by atoms with Crippen molar-refractivity contribution in [2.75, 3.05) is 24.5 Å². The minimum atomic E-state index is -5.66. The summed E-state index contributed by atoms with van der Waals surface area (Å²) in [6.45, 7) is 3.49. The number of rotatable bonds is 4. The van der Waals surface area contributed by atoms with Gasteiger partial charge in [0.25, 0.3) is 0 Å². The van der Waals surface area contributed by atoms with Gasteiger partial charge >= 0.3 is 15.6 Å². The maximum atomic E-state index is 12.5. The van der Waals surface area contributed by atoms with E-state index in [1.807, 2.05) is 18.2 Å². The molecule has 1 fully saturated rings. The smallest absolute Gasteiger partial charge is 0.376 e. The third-order valence-electron chi connectivity index (χ3n) is 5.41. The van der Waals surface area contributed by atoms with E-state index in [4.69, 9.17) is 0 Å². The number of nitrogens with zero attached hydrogens (tertiary/aromatic N) is 2. The van der Waals surface area contributed by atoms with E-state index < -0.39 is 15.6 Å². The SMILES string of the molecule is O=S(=O)(Oc1ccc2c(c1)CC[C@H]1CN(Cc3ccccc3)CCN21)C(F)(F)F. The molecule has 9 heteroatoms. The molecule has 0 saturated carbocycles. The zero-order valence-corrected chi connectivity index (χ0v) is 16.4. The topological polar surface area (TPSA) is 49.9 Å². The van der Waals surface area contributed by atoms with Gasteiger partial charge in [0.15, 0.2) is 0 Å². The van der Waals surface area contributed by atoms with E-state index in [0.717, 1.165) is 43.9 Å². The second-order valence-electron chi connectivity index (χ2n) is 7.38. The van der Waals surface area contributed by atoms with Gasteiger partial charge in [0, 0.05) is 37.9 Å². The van der Waals surface area contributed by atoms with E-state index in [1.54, 1.807) is 6.07 Å². The number of hydrogen-bond donors (Lipinski definition) is 0. The summed E-state index contributed by atoms with van der Waals surface area (Å²) in [6.07, 6.45) is 1.52. The molecule has 0 N–H and O–H groups in total. The van der Waals surface area contributed by atoms with E-state index >= 15 is 0 Å². The molecule has 29 heavy (non-hydrogen) atoms. The van der Waals surface area contributed by atoms with Gasteiger partial charge in [0.05, 0.1) is 0 Å². The largest absolute Gasteiger partial charge is 0.534 e. The number of anilines is 1. The molecule has 2 aromatic rings. The summed E-state index contributed by atoms with van der Waals surface area (Å²) < 4.78 is 64.4. The fraction of sp³-hybridized carbons (Fsp3) is 0.400. The Morgan fingerprint density at radius 2 is 1.83 bits per heavy atom. The average Bonchev–Trinajstić information content (AvgIpc) is 2.67. The van der Waals surface area contributed by atoms with Crippen LogP contribution in [0.5, 0.6) is 5.75 Å². The fourth-order valence-electron chi connectivity index (χ4n) is 4.06. The quantitative estimate of drug-likeness (QED) is 0.553. The van der Waals surface area contributed by atoms with Gasteiger partial charge in [-0.15, -0.1) is 0 Å². The molecule has 0 aliphatic carbocycles. The van der Waals surface area contributed by atoms with Crippen LogP contribution in [-0.4, -0.2) is 44.5 Å². The van der Waals surface area contributed by atoms with E-state index in [0.29, 0.717) is 12.5 Å². The van der Waals surface area contributed by atoms with Crippen LogP contribution in [0.1, 0.15) is 17.5 Å². The molecule has 156 valence electrons. The van der Waals surface area contributed by atoms with Gasteiger partial charge in [0.2, 0.25) is 0 Å². The van der Waals surface area contributed by atoms with Crippen molar-refractivity contribution < 1.29 is 25.8 Å². The molecule has 0 unspecified atom stereocenters. The Labute approximate surface area is 167 Å². The van der Waals surface area contributed by atoms with Gasteiger partial charge in [-0.1, -0.05) is 30.3 Å². The van der Waals surface area contributed by atoms with Crippen molar-refractivity contribution in [1.29, 1.82) is 0 Å². The van der Waals surface area contributed by atoms with Crippen LogP contribution in [-0.2, 0) is 23.1 Å². The van der Waals surface area contributed by atoms with Gasteiger partial charge < -0.3 is 9.08 Å². The molecule has 0 radical (unpaired) electrons. The minimum absolute atomic E-state index is 0.303. The number of halogens is 3. The third-order valence-corrected chi connectivity index (χ3v) is 6.39. The molecule has 0 bridgehead atoms. The Morgan fingerprint density at radius 1 is 1.07 bits per heavy atom. The van der Waals surface area contributed by atoms with Crippen molar-refractivity contribution in [1.82, 2.24) is 4.90 Å². The van der Waals surface area contributed by atoms with E-state index in [2.05, 4.69) is 26.1 Å². The molecule has 5 nitrogen and oxygen atoms in total. The Hall–Kier alpha value is -2.26. The Bertz CT molecular complexity index is 980. The van der Waals surface area contributed by atoms with Crippen LogP contribution in [0, 0.1) is 0 Å². The summed E-state index contributed by atoms with van der Waals surface area (Å²) >= 11 is 0. The number of piperazine rings is 1. The van der Waals surface area contributed by atoms with E-state index in [1.165, 1.54) is 17.7 Å². The van der Waals surface area contributed by atoms with Crippen LogP contribution >= 0.6 is 0 Å². The predicted molar refractivity (Wildman–Crippen MR) is 103 cm³/mol. The lowest BCUT2D eigenvalue weighted by Gasteiger charge is -2.46. The third kappa shape index (κ3) is 4.20. The molecule has 0 aromatic heterocycles. The highest BCUT2D eigenvalue weighted by Crippen LogP contribution is 2.36. The minimum Gasteiger partial charge on any atom is -0.376 e. The highest BCUT2D eigenvalue weighted by Gasteiger charge is 2.48. The van der Waals surface area contributed by atoms with Crippen LogP contribution in [0.3, 0.4) is 0 Å². The maximum Gasteiger partial charge on any atom is 0.534 e. The first-order chi connectivity index (χ1) is 13.7. The number of fused-ring (bicyclic) bond motifs is 3. The first-order valence-corrected chi connectivity index (χ1v) is 10.8. The van der Waals surface area contributed by atoms with Crippen LogP contribution in [0.25, 0.3) is 0 Å². The lowest BCUT2D eigenvalue weighted by Crippen LogP contribution is -2.54. The van der Waals surface area contributed by atoms with Crippen LogP contribution in [0.2, 0.25) is 0 Å². The Balaban J connectivity index is 1.46. The van der Waals surface area contributed by atoms with Crippen LogP contribution < -0.4 is 9.08 Å². The summed E-state index contributed by atoms with van der Waals surface area (Å²) in [5.74, 6) is -0.303. The van der Waals surface area contributed by atoms with E-state index in [-0.39, 0.29) is 5.75 Å². The number of hydrogen-bond acceptors (Lipinski definition) is 5. The van der Waals surface area contributed by atoms with Gasteiger partial charge in [-0.05, 0) is 42.2 Å². The molecule has 4 rings (SSSR count). The summed E-state index contributed by atoms with van der Waals surface area (Å²) in [5.41, 5.74) is -2.42. The highest BCUT2D eigenvalue weighted by molar-refractivity contribution is 7.88. The van der Waals surface area contributed by atoms with Crippen molar-refractivity contribution in [3.8, 4) is 5.75 Å². The highest BCUT2D eigenvalue weighted by atomic mass is 32.2. The van der Waals surface area contributed by atoms with Crippen molar-refractivity contribution >= 4 is 15.8 Å². The lowest BCUT2D eigenvalue weighted by molar-refractivity contribution is -0.0500. The Morgan fingerprint density at radius 3 is 2.55 bits per heavy atom. The number of benzene rings is 2. The zero-order chi connectivity index (χ0) is 20.6. The number of alkyl halides is 3. The standard InChI is InChI=1S/C20H21F3N2O3S/c21-20(22,23)29(26,27)28-18-8-9-19-16(12-18)6-7-17-14-24(10-11-25(17)19)13-15-4-2-1-3-5-15/h1-5,8-9,12,17H,6-7,10-11,13-14H2/t17-/m0/s1. The van der Waals surface area contributed by atoms with Crippen molar-refractivity contribution in [3.63, 3.8) is 0 Å². The summed E-state index contributed by atoms with van der Waals surface area (Å²) in [6, 6.07) is 15.0. The van der Waals surface area contributed by atoms with Crippen LogP contribution in [0.15, 0.2) is 48.5 Å². The monoisotopic (exact) mass is 426 g/mol. The summed E-state index contributed by atoms with van der Waals surface area (Å²) in [4.78, 5) is 4.68. The maximum absolute atomic E-state index is 12.5. The zero-order valence-electron chi connectivity index (χ0n) is 15.6. The predicted octanol–water partition coefficient (Wildman–Crippen LogP) is 3.55. The molecule has 2 aliphatic heterocycles. The Kier molecular flexibility index (Phi) is 5.20. The normalized spacial score (nSPS) is 20.1. The number of aryl methyl sites for hydroxylation is 1. The average molecular weight is 426 g/mol. The van der Waals surface area contributed by atoms with Crippen molar-refractivity contribution in [3.05, 3.63) is 59.7 Å². The summed E-state index contributed by atoms with van der Waals surface area (Å²) in [7, 11) is -5.66. The second kappa shape index (κ2) is 7.53. The van der Waals surface area contributed by atoms with Gasteiger partial charge in [0.1, 0.15) is 5.75 Å². The first-order valence-electron chi connectivity index (χ1n) is 9.39. The van der Waals surface area contributed by atoms with E-state index in [9.17, 15) is 21.6 Å². The fourth-order valence-corrected chi connectivity index (χ4v) is 4.51. The van der Waals surface area contributed by atoms with Crippen molar-refractivity contribution in [2.45, 2.75) is 30.9 Å². The molecule has 1 saturated heterocycles. The molecule has 0 amide bonds. The lowest BCUT2D eigenvalue weighted by atomic mass is 9.93. The van der Waals surface area contributed by atoms with Gasteiger partial charge in [-0.2, -0.15) is 21.6 Å². The molecular weight excluding hydrogens is 405 g/mol. The second-order valence-corrected chi connectivity index (χ2v) is 8.92. The van der Waals surface area contributed by atoms with Gasteiger partial charge in [-0.3, -0.25) is 4.90 Å². The molecule has 0 spiro atoms. The molecular formula is C20H21F3N2O3S. The van der Waals surface area contributed by atoms with Crippen LogP contribution in [0.4, 0.5) is 18.9 Å². The van der Waals surface area contributed by atoms with Gasteiger partial charge in [-0.25, -0.2) is 0 Å². The molecule has 2 aliphatic rings. The molecule has 1 atom stereocenters.